The molecule has 2 saturated heterocycles. The van der Waals surface area contributed by atoms with Crippen molar-refractivity contribution in [1.82, 2.24) is 0 Å². The second-order valence-electron chi connectivity index (χ2n) is 15.3. The summed E-state index contributed by atoms with van der Waals surface area (Å²) in [6.07, 6.45) is -1.35. The van der Waals surface area contributed by atoms with Crippen molar-refractivity contribution in [2.45, 2.75) is 98.4 Å². The molecule has 7 rings (SSSR count). The van der Waals surface area contributed by atoms with E-state index in [0.29, 0.717) is 5.75 Å². The highest BCUT2D eigenvalue weighted by Crippen LogP contribution is 2.65. The van der Waals surface area contributed by atoms with E-state index in [0.717, 1.165) is 66.8 Å². The Morgan fingerprint density at radius 3 is 1.04 bits per heavy atom. The van der Waals surface area contributed by atoms with E-state index < -0.39 is 37.8 Å². The maximum absolute atomic E-state index is 7.64. The van der Waals surface area contributed by atoms with Gasteiger partial charge in [0.25, 0.3) is 0 Å². The molecule has 2 aliphatic rings. The molecule has 51 heavy (non-hydrogen) atoms. The first-order valence-electron chi connectivity index (χ1n) is 17.8. The fraction of sp³-hybridized carbons (Fsp3) is 0.333. The normalized spacial score (nSPS) is 20.8. The van der Waals surface area contributed by atoms with Crippen molar-refractivity contribution in [2.75, 3.05) is 0 Å². The molecule has 5 nitrogen and oxygen atoms in total. The maximum Gasteiger partial charge on any atom is 0.399 e. The van der Waals surface area contributed by atoms with Crippen LogP contribution in [-0.4, -0.2) is 18.0 Å². The summed E-state index contributed by atoms with van der Waals surface area (Å²) in [5.74, 6) is -0.323. The van der Waals surface area contributed by atoms with Crippen molar-refractivity contribution >= 4 is 8.60 Å². The molecule has 0 aromatic heterocycles. The van der Waals surface area contributed by atoms with Gasteiger partial charge in [0.05, 0.1) is 0 Å². The topological polar surface area (TPSA) is 46.2 Å². The molecule has 0 bridgehead atoms. The van der Waals surface area contributed by atoms with Gasteiger partial charge in [0.2, 0.25) is 0 Å². The first kappa shape index (κ1) is 35.6. The molecule has 5 aromatic rings. The largest absolute Gasteiger partial charge is 0.427 e. The highest BCUT2D eigenvalue weighted by atomic mass is 31.2. The molecule has 0 aliphatic carbocycles. The van der Waals surface area contributed by atoms with Gasteiger partial charge >= 0.3 is 8.60 Å². The van der Waals surface area contributed by atoms with E-state index in [-0.39, 0.29) is 0 Å². The van der Waals surface area contributed by atoms with Crippen LogP contribution in [0.25, 0.3) is 0 Å². The van der Waals surface area contributed by atoms with E-state index in [4.69, 9.17) is 23.0 Å². The number of hydrogen-bond donors (Lipinski definition) is 0. The summed E-state index contributed by atoms with van der Waals surface area (Å²) in [5, 5.41) is 0. The molecule has 6 heteroatoms. The van der Waals surface area contributed by atoms with Crippen LogP contribution in [0.3, 0.4) is 0 Å². The van der Waals surface area contributed by atoms with Crippen molar-refractivity contribution in [3.63, 3.8) is 0 Å². The molecule has 2 atom stereocenters. The number of rotatable bonds is 6. The monoisotopic (exact) mass is 700 g/mol. The second kappa shape index (κ2) is 13.3. The van der Waals surface area contributed by atoms with Crippen LogP contribution in [0.5, 0.6) is 5.75 Å². The molecule has 0 amide bonds. The van der Waals surface area contributed by atoms with Crippen LogP contribution in [0.2, 0.25) is 0 Å². The predicted molar refractivity (Wildman–Crippen MR) is 205 cm³/mol. The standard InChI is InChI=1S/C45H49O5P/c1-28-16-29(2)21-36(20-28)44(37-22-30(3)17-31(4)23-37)41-42(47-43(9,10)46-41)45(38-24-32(5)18-33(6)25-38,39-26-34(7)19-35(8)27-39)50-51(49-44)48-40-14-12-11-13-15-40/h11-27,41-42H,1-10H3/t41-,42-/m1/s1. The lowest BCUT2D eigenvalue weighted by Crippen LogP contribution is -2.53. The molecule has 2 aliphatic heterocycles. The average molecular weight is 701 g/mol. The van der Waals surface area contributed by atoms with Crippen LogP contribution >= 0.6 is 8.60 Å². The minimum absolute atomic E-state index is 0.655. The van der Waals surface area contributed by atoms with E-state index in [1.54, 1.807) is 0 Å². The third-order valence-electron chi connectivity index (χ3n) is 9.86. The fourth-order valence-electron chi connectivity index (χ4n) is 8.28. The molecule has 264 valence electrons. The lowest BCUT2D eigenvalue weighted by Gasteiger charge is -2.42. The predicted octanol–water partition coefficient (Wildman–Crippen LogP) is 11.2. The quantitative estimate of drug-likeness (QED) is 0.165. The van der Waals surface area contributed by atoms with Gasteiger partial charge in [0, 0.05) is 0 Å². The second-order valence-corrected chi connectivity index (χ2v) is 16.3. The smallest absolute Gasteiger partial charge is 0.399 e. The zero-order valence-corrected chi connectivity index (χ0v) is 32.4. The average Bonchev–Trinajstić information content (AvgIpc) is 3.30. The van der Waals surface area contributed by atoms with Crippen LogP contribution in [-0.2, 0) is 29.7 Å². The summed E-state index contributed by atoms with van der Waals surface area (Å²) < 4.78 is 36.7. The molecule has 5 aromatic carbocycles. The van der Waals surface area contributed by atoms with Crippen molar-refractivity contribution in [3.8, 4) is 5.75 Å². The van der Waals surface area contributed by atoms with Gasteiger partial charge in [-0.1, -0.05) is 136 Å². The maximum atomic E-state index is 7.64. The Kier molecular flexibility index (Phi) is 9.27. The Labute approximate surface area is 304 Å². The lowest BCUT2D eigenvalue weighted by atomic mass is 9.70. The van der Waals surface area contributed by atoms with Gasteiger partial charge in [-0.2, -0.15) is 0 Å². The Morgan fingerprint density at radius 2 is 0.745 bits per heavy atom. The Morgan fingerprint density at radius 1 is 0.451 bits per heavy atom. The van der Waals surface area contributed by atoms with Crippen molar-refractivity contribution in [3.05, 3.63) is 170 Å². The highest BCUT2D eigenvalue weighted by Gasteiger charge is 2.68. The van der Waals surface area contributed by atoms with Crippen LogP contribution in [0, 0.1) is 55.4 Å². The minimum Gasteiger partial charge on any atom is -0.427 e. The summed E-state index contributed by atoms with van der Waals surface area (Å²) >= 11 is 0. The zero-order valence-electron chi connectivity index (χ0n) is 31.5. The Hall–Kier alpha value is -3.83. The fourth-order valence-corrected chi connectivity index (χ4v) is 9.78. The van der Waals surface area contributed by atoms with Crippen LogP contribution in [0.15, 0.2) is 103 Å². The summed E-state index contributed by atoms with van der Waals surface area (Å²) in [4.78, 5) is 0. The lowest BCUT2D eigenvalue weighted by molar-refractivity contribution is -0.175. The van der Waals surface area contributed by atoms with Gasteiger partial charge in [-0.25, -0.2) is 0 Å². The minimum atomic E-state index is -2.14. The third-order valence-corrected chi connectivity index (χ3v) is 11.1. The molecular formula is C45H49O5P. The van der Waals surface area contributed by atoms with Crippen molar-refractivity contribution < 1.29 is 23.0 Å². The Bertz CT molecular complexity index is 1780. The van der Waals surface area contributed by atoms with E-state index in [1.165, 1.54) is 0 Å². The van der Waals surface area contributed by atoms with Gasteiger partial charge in [-0.3, -0.25) is 9.05 Å². The van der Waals surface area contributed by atoms with Crippen LogP contribution in [0.4, 0.5) is 0 Å². The molecule has 0 spiro atoms. The van der Waals surface area contributed by atoms with Gasteiger partial charge in [-0.05, 0) is 104 Å². The first-order valence-corrected chi connectivity index (χ1v) is 18.9. The number of ether oxygens (including phenoxy) is 2. The molecule has 0 N–H and O–H groups in total. The van der Waals surface area contributed by atoms with Gasteiger partial charge in [-0.15, -0.1) is 0 Å². The summed E-state index contributed by atoms with van der Waals surface area (Å²) in [7, 11) is -2.14. The summed E-state index contributed by atoms with van der Waals surface area (Å²) in [6, 6.07) is 36.3. The zero-order chi connectivity index (χ0) is 36.3. The Balaban J connectivity index is 1.64. The number of aryl methyl sites for hydroxylation is 8. The number of hydrogen-bond acceptors (Lipinski definition) is 5. The van der Waals surface area contributed by atoms with Crippen molar-refractivity contribution in [1.29, 1.82) is 0 Å². The molecule has 2 heterocycles. The van der Waals surface area contributed by atoms with Crippen LogP contribution in [0.1, 0.15) is 80.6 Å². The molecular weight excluding hydrogens is 651 g/mol. The third kappa shape index (κ3) is 6.67. The number of fused-ring (bicyclic) bond motifs is 1. The molecule has 2 fully saturated rings. The highest BCUT2D eigenvalue weighted by molar-refractivity contribution is 7.42. The molecule has 0 saturated carbocycles. The van der Waals surface area contributed by atoms with E-state index in [1.807, 2.05) is 44.2 Å². The van der Waals surface area contributed by atoms with Gasteiger partial charge < -0.3 is 14.0 Å². The number of para-hydroxylation sites is 1. The van der Waals surface area contributed by atoms with Gasteiger partial charge in [0.15, 0.2) is 17.0 Å². The van der Waals surface area contributed by atoms with Crippen molar-refractivity contribution in [2.24, 2.45) is 0 Å². The molecule has 0 unspecified atom stereocenters. The summed E-state index contributed by atoms with van der Waals surface area (Å²) in [6.45, 7) is 21.0. The number of benzene rings is 5. The SMILES string of the molecule is Cc1cc(C)cc(C2(c3cc(C)cc(C)c3)OP(Oc3ccccc3)OC(c3cc(C)cc(C)c3)(c3cc(C)cc(C)c3)[C@@H]3OC(C)(C)O[C@H]32)c1. The van der Waals surface area contributed by atoms with Gasteiger partial charge in [0.1, 0.15) is 18.0 Å². The molecule has 0 radical (unpaired) electrons. The van der Waals surface area contributed by atoms with E-state index >= 15 is 0 Å². The first-order chi connectivity index (χ1) is 24.2. The van der Waals surface area contributed by atoms with Crippen LogP contribution < -0.4 is 4.52 Å². The van der Waals surface area contributed by atoms with E-state index in [2.05, 4.69) is 128 Å². The van der Waals surface area contributed by atoms with E-state index in [9.17, 15) is 0 Å². The summed E-state index contributed by atoms with van der Waals surface area (Å²) in [5.41, 5.74) is 10.5.